The Kier molecular flexibility index (Phi) is 6.60. The van der Waals surface area contributed by atoms with Crippen molar-refractivity contribution >= 4 is 26.8 Å². The van der Waals surface area contributed by atoms with Crippen molar-refractivity contribution in [2.24, 2.45) is 0 Å². The predicted octanol–water partition coefficient (Wildman–Crippen LogP) is 3.05. The summed E-state index contributed by atoms with van der Waals surface area (Å²) in [6.07, 6.45) is 1.07. The maximum atomic E-state index is 13.7. The molecule has 9 heteroatoms. The topological polar surface area (TPSA) is 103 Å². The molecule has 4 rings (SSSR count). The van der Waals surface area contributed by atoms with Crippen LogP contribution >= 0.6 is 0 Å². The first-order chi connectivity index (χ1) is 16.1. The Morgan fingerprint density at radius 1 is 1.18 bits per heavy atom. The number of aromatic amines is 1. The fourth-order valence-corrected chi connectivity index (χ4v) is 6.98. The number of hydrogen-bond donors (Lipinski definition) is 1. The number of hydrogen-bond acceptors (Lipinski definition) is 5. The molecule has 180 valence electrons. The Bertz CT molecular complexity index is 1390. The van der Waals surface area contributed by atoms with Crippen LogP contribution in [-0.4, -0.2) is 52.6 Å². The van der Waals surface area contributed by atoms with Crippen molar-refractivity contribution < 1.29 is 13.2 Å². The lowest BCUT2D eigenvalue weighted by atomic mass is 10.1. The number of aromatic nitrogens is 2. The summed E-state index contributed by atoms with van der Waals surface area (Å²) in [6.45, 7) is 8.11. The number of amides is 1. The van der Waals surface area contributed by atoms with Gasteiger partial charge in [0.1, 0.15) is 11.9 Å². The number of rotatable bonds is 6. The molecule has 3 aromatic rings. The van der Waals surface area contributed by atoms with Gasteiger partial charge in [-0.15, -0.1) is 0 Å². The molecular weight excluding hydrogens is 452 g/mol. The van der Waals surface area contributed by atoms with E-state index in [1.807, 2.05) is 26.0 Å². The molecule has 0 bridgehead atoms. The molecule has 0 saturated carbocycles. The SMILES string of the molecule is CCN(Cc1nc2ccccc2c(=O)[nH]1)C(=O)C1CCCN1S(=O)(=O)c1c(C)cc(C)cc1C. The van der Waals surface area contributed by atoms with Gasteiger partial charge in [0.25, 0.3) is 5.56 Å². The first kappa shape index (κ1) is 24.1. The zero-order valence-electron chi connectivity index (χ0n) is 20.0. The molecule has 0 spiro atoms. The van der Waals surface area contributed by atoms with Crippen molar-refractivity contribution in [3.05, 3.63) is 69.3 Å². The number of likely N-dealkylation sites (N-methyl/N-ethyl adjacent to an activating group) is 1. The number of carbonyl (C=O) groups excluding carboxylic acids is 1. The summed E-state index contributed by atoms with van der Waals surface area (Å²) in [5.74, 6) is 0.0957. The van der Waals surface area contributed by atoms with Gasteiger partial charge in [-0.3, -0.25) is 9.59 Å². The Morgan fingerprint density at radius 2 is 1.85 bits per heavy atom. The minimum atomic E-state index is -3.85. The van der Waals surface area contributed by atoms with E-state index in [9.17, 15) is 18.0 Å². The lowest BCUT2D eigenvalue weighted by Crippen LogP contribution is -2.47. The van der Waals surface area contributed by atoms with E-state index in [2.05, 4.69) is 9.97 Å². The normalized spacial score (nSPS) is 16.8. The third-order valence-corrected chi connectivity index (χ3v) is 8.57. The Labute approximate surface area is 199 Å². The third kappa shape index (κ3) is 4.37. The molecule has 8 nitrogen and oxygen atoms in total. The molecule has 1 amide bonds. The van der Waals surface area contributed by atoms with E-state index in [1.165, 1.54) is 4.31 Å². The number of aryl methyl sites for hydroxylation is 3. The summed E-state index contributed by atoms with van der Waals surface area (Å²) in [4.78, 5) is 35.1. The van der Waals surface area contributed by atoms with Crippen LogP contribution in [0.25, 0.3) is 10.9 Å². The number of sulfonamides is 1. The smallest absolute Gasteiger partial charge is 0.258 e. The van der Waals surface area contributed by atoms with Gasteiger partial charge in [-0.2, -0.15) is 4.31 Å². The van der Waals surface area contributed by atoms with Crippen molar-refractivity contribution in [1.29, 1.82) is 0 Å². The minimum absolute atomic E-state index is 0.0996. The first-order valence-electron chi connectivity index (χ1n) is 11.5. The molecule has 34 heavy (non-hydrogen) atoms. The van der Waals surface area contributed by atoms with Crippen LogP contribution in [0, 0.1) is 20.8 Å². The van der Waals surface area contributed by atoms with Gasteiger partial charge >= 0.3 is 0 Å². The van der Waals surface area contributed by atoms with Crippen LogP contribution < -0.4 is 5.56 Å². The second-order valence-corrected chi connectivity index (χ2v) is 10.7. The number of fused-ring (bicyclic) bond motifs is 1. The molecule has 1 aliphatic heterocycles. The average Bonchev–Trinajstić information content (AvgIpc) is 3.27. The zero-order valence-corrected chi connectivity index (χ0v) is 20.8. The van der Waals surface area contributed by atoms with Gasteiger partial charge in [0, 0.05) is 13.1 Å². The Hall–Kier alpha value is -3.04. The summed E-state index contributed by atoms with van der Waals surface area (Å²) < 4.78 is 28.7. The van der Waals surface area contributed by atoms with Gasteiger partial charge in [0.15, 0.2) is 0 Å². The highest BCUT2D eigenvalue weighted by Crippen LogP contribution is 2.31. The van der Waals surface area contributed by atoms with Crippen LogP contribution in [0.5, 0.6) is 0 Å². The number of nitrogens with one attached hydrogen (secondary N) is 1. The molecule has 1 fully saturated rings. The number of carbonyl (C=O) groups is 1. The molecule has 0 aliphatic carbocycles. The Balaban J connectivity index is 1.63. The highest BCUT2D eigenvalue weighted by Gasteiger charge is 2.42. The van der Waals surface area contributed by atoms with Crippen LogP contribution in [0.2, 0.25) is 0 Å². The van der Waals surface area contributed by atoms with E-state index < -0.39 is 16.1 Å². The molecule has 2 heterocycles. The van der Waals surface area contributed by atoms with E-state index >= 15 is 0 Å². The highest BCUT2D eigenvalue weighted by molar-refractivity contribution is 7.89. The molecular formula is C25H30N4O4S. The first-order valence-corrected chi connectivity index (χ1v) is 12.9. The summed E-state index contributed by atoms with van der Waals surface area (Å²) in [6, 6.07) is 9.95. The molecule has 1 aromatic heterocycles. The van der Waals surface area contributed by atoms with E-state index in [0.29, 0.717) is 53.8 Å². The van der Waals surface area contributed by atoms with Gasteiger partial charge in [-0.1, -0.05) is 29.8 Å². The number of nitrogens with zero attached hydrogens (tertiary/aromatic N) is 3. The van der Waals surface area contributed by atoms with Crippen LogP contribution in [0.1, 0.15) is 42.3 Å². The van der Waals surface area contributed by atoms with Crippen molar-refractivity contribution in [2.75, 3.05) is 13.1 Å². The quantitative estimate of drug-likeness (QED) is 0.582. The number of benzene rings is 2. The van der Waals surface area contributed by atoms with Gasteiger partial charge in [-0.25, -0.2) is 13.4 Å². The summed E-state index contributed by atoms with van der Waals surface area (Å²) in [5, 5.41) is 0.484. The fourth-order valence-electron chi connectivity index (χ4n) is 4.91. The minimum Gasteiger partial charge on any atom is -0.334 e. The van der Waals surface area contributed by atoms with E-state index in [1.54, 1.807) is 43.0 Å². The Morgan fingerprint density at radius 3 is 2.53 bits per heavy atom. The van der Waals surface area contributed by atoms with Crippen LogP contribution in [0.15, 0.2) is 46.1 Å². The largest absolute Gasteiger partial charge is 0.334 e. The van der Waals surface area contributed by atoms with E-state index in [4.69, 9.17) is 0 Å². The molecule has 2 aromatic carbocycles. The van der Waals surface area contributed by atoms with Crippen molar-refractivity contribution in [2.45, 2.75) is 58.0 Å². The van der Waals surface area contributed by atoms with Gasteiger partial charge in [-0.05, 0) is 63.8 Å². The summed E-state index contributed by atoms with van der Waals surface area (Å²) in [5.41, 5.74) is 2.65. The van der Waals surface area contributed by atoms with E-state index in [0.717, 1.165) is 5.56 Å². The maximum Gasteiger partial charge on any atom is 0.258 e. The molecule has 1 unspecified atom stereocenters. The van der Waals surface area contributed by atoms with Crippen molar-refractivity contribution in [1.82, 2.24) is 19.2 Å². The average molecular weight is 483 g/mol. The highest BCUT2D eigenvalue weighted by atomic mass is 32.2. The fraction of sp³-hybridized carbons (Fsp3) is 0.400. The number of para-hydroxylation sites is 1. The van der Waals surface area contributed by atoms with Crippen molar-refractivity contribution in [3.63, 3.8) is 0 Å². The summed E-state index contributed by atoms with van der Waals surface area (Å²) >= 11 is 0. The monoisotopic (exact) mass is 482 g/mol. The van der Waals surface area contributed by atoms with Gasteiger partial charge in [0.2, 0.25) is 15.9 Å². The standard InChI is InChI=1S/C25H30N4O4S/c1-5-28(15-22-26-20-10-7-6-9-19(20)24(30)27-22)25(31)21-11-8-12-29(21)34(32,33)23-17(3)13-16(2)14-18(23)4/h6-7,9-10,13-14,21H,5,8,11-12,15H2,1-4H3,(H,26,27,30). The third-order valence-electron chi connectivity index (χ3n) is 6.36. The molecule has 0 radical (unpaired) electrons. The van der Waals surface area contributed by atoms with Gasteiger partial charge in [0.05, 0.1) is 22.3 Å². The van der Waals surface area contributed by atoms with Crippen LogP contribution in [-0.2, 0) is 21.4 Å². The lowest BCUT2D eigenvalue weighted by Gasteiger charge is -2.29. The van der Waals surface area contributed by atoms with Crippen molar-refractivity contribution in [3.8, 4) is 0 Å². The predicted molar refractivity (Wildman–Crippen MR) is 131 cm³/mol. The molecule has 1 aliphatic rings. The lowest BCUT2D eigenvalue weighted by molar-refractivity contribution is -0.135. The maximum absolute atomic E-state index is 13.7. The van der Waals surface area contributed by atoms with Crippen LogP contribution in [0.3, 0.4) is 0 Å². The molecule has 1 atom stereocenters. The summed E-state index contributed by atoms with van der Waals surface area (Å²) in [7, 11) is -3.85. The molecule has 1 N–H and O–H groups in total. The zero-order chi connectivity index (χ0) is 24.6. The second-order valence-electron chi connectivity index (χ2n) is 8.88. The molecule has 1 saturated heterocycles. The van der Waals surface area contributed by atoms with Crippen LogP contribution in [0.4, 0.5) is 0 Å². The number of H-pyrrole nitrogens is 1. The van der Waals surface area contributed by atoms with Gasteiger partial charge < -0.3 is 9.88 Å². The van der Waals surface area contributed by atoms with E-state index in [-0.39, 0.29) is 22.9 Å². The second kappa shape index (κ2) is 9.31.